The zero-order chi connectivity index (χ0) is 24.6. The first kappa shape index (κ1) is 23.3. The summed E-state index contributed by atoms with van der Waals surface area (Å²) < 4.78 is 0. The molecule has 1 aliphatic rings. The number of benzene rings is 3. The number of amides is 3. The van der Waals surface area contributed by atoms with E-state index in [4.69, 9.17) is 11.6 Å². The number of halogens is 1. The molecule has 3 aromatic rings. The molecule has 2 N–H and O–H groups in total. The van der Waals surface area contributed by atoms with Gasteiger partial charge >= 0.3 is 0 Å². The minimum atomic E-state index is -0.580. The van der Waals surface area contributed by atoms with Crippen molar-refractivity contribution in [1.82, 2.24) is 0 Å². The number of carbonyl (C=O) groups is 3. The minimum absolute atomic E-state index is 0.00161. The van der Waals surface area contributed by atoms with Gasteiger partial charge in [-0.05, 0) is 98.5 Å². The second-order valence-electron chi connectivity index (χ2n) is 8.51. The Kier molecular flexibility index (Phi) is 6.26. The number of carbonyl (C=O) groups excluding carboxylic acids is 3. The van der Waals surface area contributed by atoms with Crippen molar-refractivity contribution in [2.24, 2.45) is 0 Å². The van der Waals surface area contributed by atoms with Gasteiger partial charge in [0.05, 0.1) is 5.69 Å². The Morgan fingerprint density at radius 3 is 1.82 bits per heavy atom. The van der Waals surface area contributed by atoms with Gasteiger partial charge in [0.15, 0.2) is 0 Å². The summed E-state index contributed by atoms with van der Waals surface area (Å²) in [6.07, 6.45) is 0. The summed E-state index contributed by atoms with van der Waals surface area (Å²) in [6.45, 7) is 7.74. The van der Waals surface area contributed by atoms with Crippen LogP contribution in [-0.4, -0.2) is 17.7 Å². The molecule has 4 rings (SSSR count). The van der Waals surface area contributed by atoms with Gasteiger partial charge in [-0.25, -0.2) is 4.90 Å². The molecule has 6 nitrogen and oxygen atoms in total. The van der Waals surface area contributed by atoms with E-state index in [1.54, 1.807) is 36.4 Å². The molecule has 0 bridgehead atoms. The van der Waals surface area contributed by atoms with Crippen LogP contribution in [-0.2, 0) is 9.59 Å². The molecule has 0 radical (unpaired) electrons. The molecular formula is C27H24ClN3O3. The monoisotopic (exact) mass is 473 g/mol. The van der Waals surface area contributed by atoms with Crippen molar-refractivity contribution >= 4 is 46.4 Å². The molecule has 0 aliphatic carbocycles. The van der Waals surface area contributed by atoms with Crippen molar-refractivity contribution in [3.63, 3.8) is 0 Å². The van der Waals surface area contributed by atoms with Gasteiger partial charge in [0.1, 0.15) is 10.7 Å². The molecular weight excluding hydrogens is 450 g/mol. The van der Waals surface area contributed by atoms with Crippen LogP contribution in [0.25, 0.3) is 0 Å². The molecule has 172 valence electrons. The first-order valence-corrected chi connectivity index (χ1v) is 11.1. The Bertz CT molecular complexity index is 1320. The molecule has 0 spiro atoms. The Balaban J connectivity index is 1.50. The van der Waals surface area contributed by atoms with Gasteiger partial charge in [-0.2, -0.15) is 0 Å². The topological polar surface area (TPSA) is 78.5 Å². The zero-order valence-corrected chi connectivity index (χ0v) is 20.1. The Morgan fingerprint density at radius 1 is 0.735 bits per heavy atom. The van der Waals surface area contributed by atoms with Gasteiger partial charge in [0.25, 0.3) is 17.7 Å². The summed E-state index contributed by atoms with van der Waals surface area (Å²) >= 11 is 6.24. The quantitative estimate of drug-likeness (QED) is 0.472. The van der Waals surface area contributed by atoms with E-state index in [-0.39, 0.29) is 16.6 Å². The van der Waals surface area contributed by atoms with Gasteiger partial charge < -0.3 is 10.6 Å². The third kappa shape index (κ3) is 4.72. The summed E-state index contributed by atoms with van der Waals surface area (Å²) in [4.78, 5) is 39.4. The number of nitrogens with one attached hydrogen (secondary N) is 2. The molecule has 0 atom stereocenters. The lowest BCUT2D eigenvalue weighted by molar-refractivity contribution is -0.120. The number of imide groups is 1. The third-order valence-corrected chi connectivity index (χ3v) is 5.74. The van der Waals surface area contributed by atoms with Crippen LogP contribution in [0.15, 0.2) is 71.4 Å². The second kappa shape index (κ2) is 9.15. The number of hydrogen-bond donors (Lipinski definition) is 2. The summed E-state index contributed by atoms with van der Waals surface area (Å²) in [6, 6.07) is 17.9. The third-order valence-electron chi connectivity index (χ3n) is 5.39. The van der Waals surface area contributed by atoms with Gasteiger partial charge in [0.2, 0.25) is 0 Å². The normalized spacial score (nSPS) is 13.5. The molecule has 1 aliphatic heterocycles. The van der Waals surface area contributed by atoms with Crippen LogP contribution >= 0.6 is 11.6 Å². The molecule has 0 unspecified atom stereocenters. The first-order chi connectivity index (χ1) is 16.1. The highest BCUT2D eigenvalue weighted by Crippen LogP contribution is 2.31. The van der Waals surface area contributed by atoms with Crippen molar-refractivity contribution < 1.29 is 14.4 Å². The lowest BCUT2D eigenvalue weighted by Gasteiger charge is -2.16. The minimum Gasteiger partial charge on any atom is -0.350 e. The van der Waals surface area contributed by atoms with E-state index >= 15 is 0 Å². The molecule has 7 heteroatoms. The number of rotatable bonds is 5. The standard InChI is InChI=1S/C27H24ClN3O3/c1-15-9-16(2)12-21(11-15)30-25(32)19-5-7-20(8-6-19)29-24-23(28)26(33)31(27(24)34)22-13-17(3)10-18(4)14-22/h5-14,29H,1-4H3,(H,30,32). The van der Waals surface area contributed by atoms with E-state index in [9.17, 15) is 14.4 Å². The number of hydrogen-bond acceptors (Lipinski definition) is 4. The van der Waals surface area contributed by atoms with Crippen LogP contribution < -0.4 is 15.5 Å². The molecule has 3 amide bonds. The molecule has 0 saturated heterocycles. The Morgan fingerprint density at radius 2 is 1.26 bits per heavy atom. The SMILES string of the molecule is Cc1cc(C)cc(NC(=O)c2ccc(NC3=C(Cl)C(=O)N(c4cc(C)cc(C)c4)C3=O)cc2)c1. The average Bonchev–Trinajstić information content (AvgIpc) is 2.96. The van der Waals surface area contributed by atoms with Crippen molar-refractivity contribution in [3.05, 3.63) is 99.2 Å². The Labute approximate surface area is 203 Å². The van der Waals surface area contributed by atoms with Gasteiger partial charge in [-0.1, -0.05) is 23.7 Å². The van der Waals surface area contributed by atoms with Crippen LogP contribution in [0.4, 0.5) is 17.1 Å². The van der Waals surface area contributed by atoms with E-state index in [2.05, 4.69) is 10.6 Å². The van der Waals surface area contributed by atoms with Gasteiger partial charge in [-0.3, -0.25) is 14.4 Å². The molecule has 0 aromatic heterocycles. The fourth-order valence-electron chi connectivity index (χ4n) is 4.02. The lowest BCUT2D eigenvalue weighted by Crippen LogP contribution is -2.32. The predicted octanol–water partition coefficient (Wildman–Crippen LogP) is 5.61. The van der Waals surface area contributed by atoms with Gasteiger partial charge in [0, 0.05) is 16.9 Å². The van der Waals surface area contributed by atoms with Gasteiger partial charge in [-0.15, -0.1) is 0 Å². The van der Waals surface area contributed by atoms with Crippen LogP contribution in [0.5, 0.6) is 0 Å². The van der Waals surface area contributed by atoms with Crippen LogP contribution in [0.2, 0.25) is 0 Å². The lowest BCUT2D eigenvalue weighted by atomic mass is 10.1. The second-order valence-corrected chi connectivity index (χ2v) is 8.89. The zero-order valence-electron chi connectivity index (χ0n) is 19.3. The van der Waals surface area contributed by atoms with E-state index in [0.29, 0.717) is 16.9 Å². The largest absolute Gasteiger partial charge is 0.350 e. The highest BCUT2D eigenvalue weighted by atomic mass is 35.5. The molecule has 3 aromatic carbocycles. The number of aryl methyl sites for hydroxylation is 4. The summed E-state index contributed by atoms with van der Waals surface area (Å²) in [7, 11) is 0. The molecule has 0 fully saturated rings. The maximum atomic E-state index is 13.0. The predicted molar refractivity (Wildman–Crippen MR) is 135 cm³/mol. The number of nitrogens with zero attached hydrogens (tertiary/aromatic N) is 1. The average molecular weight is 474 g/mol. The molecule has 34 heavy (non-hydrogen) atoms. The van der Waals surface area contributed by atoms with Crippen LogP contribution in [0.3, 0.4) is 0 Å². The summed E-state index contributed by atoms with van der Waals surface area (Å²) in [5.74, 6) is -1.36. The number of anilines is 3. The van der Waals surface area contributed by atoms with Crippen molar-refractivity contribution in [2.45, 2.75) is 27.7 Å². The van der Waals surface area contributed by atoms with Crippen molar-refractivity contribution in [2.75, 3.05) is 15.5 Å². The Hall–Kier alpha value is -3.90. The van der Waals surface area contributed by atoms with E-state index in [1.807, 2.05) is 52.0 Å². The summed E-state index contributed by atoms with van der Waals surface area (Å²) in [5, 5.41) is 5.64. The smallest absolute Gasteiger partial charge is 0.283 e. The first-order valence-electron chi connectivity index (χ1n) is 10.8. The highest BCUT2D eigenvalue weighted by molar-refractivity contribution is 6.53. The maximum Gasteiger partial charge on any atom is 0.283 e. The van der Waals surface area contributed by atoms with E-state index in [0.717, 1.165) is 32.8 Å². The molecule has 1 heterocycles. The highest BCUT2D eigenvalue weighted by Gasteiger charge is 2.39. The van der Waals surface area contributed by atoms with Crippen LogP contribution in [0.1, 0.15) is 32.6 Å². The van der Waals surface area contributed by atoms with Crippen molar-refractivity contribution in [3.8, 4) is 0 Å². The van der Waals surface area contributed by atoms with Crippen molar-refractivity contribution in [1.29, 1.82) is 0 Å². The fourth-order valence-corrected chi connectivity index (χ4v) is 4.24. The maximum absolute atomic E-state index is 13.0. The van der Waals surface area contributed by atoms with E-state index in [1.165, 1.54) is 0 Å². The summed E-state index contributed by atoms with van der Waals surface area (Å²) in [5.41, 5.74) is 6.17. The molecule has 0 saturated carbocycles. The fraction of sp³-hybridized carbons (Fsp3) is 0.148. The van der Waals surface area contributed by atoms with E-state index < -0.39 is 11.8 Å². The van der Waals surface area contributed by atoms with Crippen LogP contribution in [0, 0.1) is 27.7 Å².